The summed E-state index contributed by atoms with van der Waals surface area (Å²) in [6.07, 6.45) is 14.1. The Morgan fingerprint density at radius 1 is 0.647 bits per heavy atom. The lowest BCUT2D eigenvalue weighted by atomic mass is 10.1. The van der Waals surface area contributed by atoms with Gasteiger partial charge in [0.05, 0.1) is 11.1 Å². The van der Waals surface area contributed by atoms with Gasteiger partial charge in [-0.3, -0.25) is 14.5 Å². The molecule has 34 heavy (non-hydrogen) atoms. The lowest BCUT2D eigenvalue weighted by Crippen LogP contribution is -2.30. The fourth-order valence-corrected chi connectivity index (χ4v) is 4.16. The average molecular weight is 588 g/mol. The van der Waals surface area contributed by atoms with Crippen molar-refractivity contribution in [2.45, 2.75) is 90.9 Å². The second-order valence-electron chi connectivity index (χ2n) is 8.76. The Hall–Kier alpha value is -0.990. The molecule has 0 fully saturated rings. The van der Waals surface area contributed by atoms with E-state index in [0.29, 0.717) is 17.7 Å². The average Bonchev–Trinajstić information content (AvgIpc) is 3.10. The molecule has 0 radical (unpaired) electrons. The summed E-state index contributed by atoms with van der Waals surface area (Å²) in [5.41, 5.74) is 1.08. The van der Waals surface area contributed by atoms with Gasteiger partial charge in [0.25, 0.3) is 11.8 Å². The van der Waals surface area contributed by atoms with E-state index in [0.717, 1.165) is 58.5 Å². The van der Waals surface area contributed by atoms with E-state index in [4.69, 9.17) is 9.47 Å². The molecule has 0 aromatic heterocycles. The molecule has 6 heteroatoms. The number of nitrogens with zero attached hydrogens (tertiary/aromatic N) is 1. The highest BCUT2D eigenvalue weighted by Gasteiger charge is 2.34. The predicted octanol–water partition coefficient (Wildman–Crippen LogP) is 7.46. The van der Waals surface area contributed by atoms with E-state index in [1.54, 1.807) is 24.3 Å². The van der Waals surface area contributed by atoms with Crippen LogP contribution in [-0.2, 0) is 9.47 Å². The zero-order valence-corrected chi connectivity index (χ0v) is 23.7. The Kier molecular flexibility index (Phi) is 19.5. The normalized spacial score (nSPS) is 12.6. The predicted molar refractivity (Wildman–Crippen MR) is 149 cm³/mol. The van der Waals surface area contributed by atoms with Crippen molar-refractivity contribution in [2.75, 3.05) is 37.4 Å². The summed E-state index contributed by atoms with van der Waals surface area (Å²) < 4.78 is 12.3. The lowest BCUT2D eigenvalue weighted by Gasteiger charge is -2.13. The Morgan fingerprint density at radius 2 is 1.09 bits per heavy atom. The van der Waals surface area contributed by atoms with E-state index in [1.807, 2.05) is 0 Å². The van der Waals surface area contributed by atoms with E-state index < -0.39 is 0 Å². The van der Waals surface area contributed by atoms with E-state index in [9.17, 15) is 9.59 Å². The van der Waals surface area contributed by atoms with E-state index >= 15 is 0 Å². The molecule has 0 saturated heterocycles. The number of imide groups is 1. The molecule has 2 rings (SSSR count). The smallest absolute Gasteiger partial charge is 0.261 e. The first-order valence-corrected chi connectivity index (χ1v) is 14.9. The van der Waals surface area contributed by atoms with Crippen molar-refractivity contribution in [1.82, 2.24) is 4.90 Å². The number of hydrogen-bond donors (Lipinski definition) is 0. The third-order valence-corrected chi connectivity index (χ3v) is 6.52. The maximum Gasteiger partial charge on any atom is 0.261 e. The summed E-state index contributed by atoms with van der Waals surface area (Å²) in [6.45, 7) is 8.47. The van der Waals surface area contributed by atoms with Crippen LogP contribution in [-0.4, -0.2) is 54.1 Å². The van der Waals surface area contributed by atoms with Crippen LogP contribution in [0.15, 0.2) is 24.3 Å². The van der Waals surface area contributed by atoms with Crippen LogP contribution in [0.4, 0.5) is 0 Å². The largest absolute Gasteiger partial charge is 0.381 e. The van der Waals surface area contributed by atoms with E-state index in [-0.39, 0.29) is 11.8 Å². The molecule has 0 unspecified atom stereocenters. The van der Waals surface area contributed by atoms with Crippen molar-refractivity contribution in [2.24, 2.45) is 0 Å². The zero-order chi connectivity index (χ0) is 24.9. The van der Waals surface area contributed by atoms with E-state index in [2.05, 4.69) is 36.4 Å². The van der Waals surface area contributed by atoms with Crippen molar-refractivity contribution < 1.29 is 19.1 Å². The standard InChI is InChI=1S/C18H25NO3.C10H21IO/c1-2-3-13-22-14-9-5-4-8-12-19-17(20)15-10-6-7-11-16(15)18(19)21;1-2-3-9-12-10-7-5-4-6-8-11/h6-7,10-11H,2-5,8-9,12-14H2,1H3;2-10H2,1H3. The molecule has 194 valence electrons. The number of carbonyl (C=O) groups is 2. The molecule has 5 nitrogen and oxygen atoms in total. The van der Waals surface area contributed by atoms with Crippen LogP contribution < -0.4 is 0 Å². The van der Waals surface area contributed by atoms with Gasteiger partial charge in [-0.15, -0.1) is 0 Å². The topological polar surface area (TPSA) is 55.8 Å². The van der Waals surface area contributed by atoms with Gasteiger partial charge in [-0.25, -0.2) is 0 Å². The van der Waals surface area contributed by atoms with Crippen LogP contribution in [0.25, 0.3) is 0 Å². The molecule has 0 bridgehead atoms. The van der Waals surface area contributed by atoms with Crippen LogP contribution in [0.2, 0.25) is 0 Å². The number of unbranched alkanes of at least 4 members (excludes halogenated alkanes) is 8. The van der Waals surface area contributed by atoms with Crippen molar-refractivity contribution in [1.29, 1.82) is 0 Å². The molecule has 0 saturated carbocycles. The van der Waals surface area contributed by atoms with Crippen molar-refractivity contribution in [3.63, 3.8) is 0 Å². The SMILES string of the molecule is CCCCOCCCCCCI.CCCCOCCCCCCN1C(=O)c2ccccc2C1=O. The Balaban J connectivity index is 0.000000411. The van der Waals surface area contributed by atoms with E-state index in [1.165, 1.54) is 54.3 Å². The van der Waals surface area contributed by atoms with Crippen molar-refractivity contribution >= 4 is 34.4 Å². The summed E-state index contributed by atoms with van der Waals surface area (Å²) in [6, 6.07) is 7.05. The number of hydrogen-bond acceptors (Lipinski definition) is 4. The number of ether oxygens (including phenoxy) is 2. The van der Waals surface area contributed by atoms with Crippen LogP contribution in [0.1, 0.15) is 112 Å². The summed E-state index contributed by atoms with van der Waals surface area (Å²) in [5.74, 6) is -0.299. The van der Waals surface area contributed by atoms with Gasteiger partial charge >= 0.3 is 0 Å². The summed E-state index contributed by atoms with van der Waals surface area (Å²) >= 11 is 2.44. The number of alkyl halides is 1. The Morgan fingerprint density at radius 3 is 1.56 bits per heavy atom. The lowest BCUT2D eigenvalue weighted by molar-refractivity contribution is 0.0650. The maximum absolute atomic E-state index is 12.2. The van der Waals surface area contributed by atoms with Gasteiger partial charge in [-0.05, 0) is 55.1 Å². The van der Waals surface area contributed by atoms with Gasteiger partial charge in [0.2, 0.25) is 0 Å². The number of fused-ring (bicyclic) bond motifs is 1. The highest BCUT2D eigenvalue weighted by molar-refractivity contribution is 14.1. The van der Waals surface area contributed by atoms with Gasteiger partial charge in [-0.2, -0.15) is 0 Å². The second kappa shape index (κ2) is 21.3. The monoisotopic (exact) mass is 587 g/mol. The van der Waals surface area contributed by atoms with Gasteiger partial charge in [0, 0.05) is 33.0 Å². The van der Waals surface area contributed by atoms with Gasteiger partial charge in [0.1, 0.15) is 0 Å². The quantitative estimate of drug-likeness (QED) is 0.0730. The van der Waals surface area contributed by atoms with Crippen LogP contribution in [0.5, 0.6) is 0 Å². The summed E-state index contributed by atoms with van der Waals surface area (Å²) in [4.78, 5) is 25.7. The molecule has 0 N–H and O–H groups in total. The first-order chi connectivity index (χ1) is 16.7. The molecule has 1 heterocycles. The summed E-state index contributed by atoms with van der Waals surface area (Å²) in [7, 11) is 0. The van der Waals surface area contributed by atoms with Gasteiger partial charge in [-0.1, -0.05) is 87.1 Å². The molecule has 1 aromatic rings. The molecule has 1 aromatic carbocycles. The number of carbonyl (C=O) groups excluding carboxylic acids is 2. The minimum Gasteiger partial charge on any atom is -0.381 e. The fourth-order valence-electron chi connectivity index (χ4n) is 3.62. The molecule has 1 aliphatic rings. The third kappa shape index (κ3) is 13.2. The highest BCUT2D eigenvalue weighted by Crippen LogP contribution is 2.22. The molecule has 0 aliphatic carbocycles. The third-order valence-electron chi connectivity index (χ3n) is 5.76. The summed E-state index contributed by atoms with van der Waals surface area (Å²) in [5, 5.41) is 0. The zero-order valence-electron chi connectivity index (χ0n) is 21.5. The molecule has 2 amide bonds. The Bertz CT molecular complexity index is 623. The van der Waals surface area contributed by atoms with Crippen LogP contribution in [0.3, 0.4) is 0 Å². The van der Waals surface area contributed by atoms with Gasteiger partial charge in [0.15, 0.2) is 0 Å². The minimum absolute atomic E-state index is 0.150. The minimum atomic E-state index is -0.150. The van der Waals surface area contributed by atoms with Crippen LogP contribution >= 0.6 is 22.6 Å². The van der Waals surface area contributed by atoms with Crippen LogP contribution in [0, 0.1) is 0 Å². The van der Waals surface area contributed by atoms with Crippen molar-refractivity contribution in [3.05, 3.63) is 35.4 Å². The van der Waals surface area contributed by atoms with Crippen molar-refractivity contribution in [3.8, 4) is 0 Å². The number of halogens is 1. The number of benzene rings is 1. The first-order valence-electron chi connectivity index (χ1n) is 13.3. The number of rotatable bonds is 19. The molecule has 0 atom stereocenters. The molecule has 0 spiro atoms. The second-order valence-corrected chi connectivity index (χ2v) is 9.84. The number of amides is 2. The molecular formula is C28H46INO4. The Labute approximate surface area is 221 Å². The molecule has 1 aliphatic heterocycles. The fraction of sp³-hybridized carbons (Fsp3) is 0.714. The van der Waals surface area contributed by atoms with Gasteiger partial charge < -0.3 is 9.47 Å². The first kappa shape index (κ1) is 31.0. The highest BCUT2D eigenvalue weighted by atomic mass is 127. The maximum atomic E-state index is 12.2. The molecular weight excluding hydrogens is 541 g/mol.